The Morgan fingerprint density at radius 3 is 3.09 bits per heavy atom. The van der Waals surface area contributed by atoms with Crippen LogP contribution in [0.25, 0.3) is 10.9 Å². The molecular formula is C8H7BN2. The molecule has 0 spiro atoms. The summed E-state index contributed by atoms with van der Waals surface area (Å²) < 4.78 is 0. The van der Waals surface area contributed by atoms with Crippen LogP contribution in [0.3, 0.4) is 0 Å². The minimum atomic E-state index is 1.01. The van der Waals surface area contributed by atoms with Gasteiger partial charge in [0.25, 0.3) is 0 Å². The molecule has 0 saturated carbocycles. The second kappa shape index (κ2) is 2.34. The topological polar surface area (TPSA) is 25.8 Å². The summed E-state index contributed by atoms with van der Waals surface area (Å²) in [4.78, 5) is 8.06. The Labute approximate surface area is 65.7 Å². The molecule has 0 aliphatic rings. The third kappa shape index (κ3) is 1.09. The molecule has 52 valence electrons. The van der Waals surface area contributed by atoms with Gasteiger partial charge in [0.2, 0.25) is 0 Å². The summed E-state index contributed by atoms with van der Waals surface area (Å²) in [5.74, 6) is 0. The van der Waals surface area contributed by atoms with Crippen molar-refractivity contribution in [3.05, 3.63) is 30.7 Å². The molecule has 0 saturated heterocycles. The maximum atomic E-state index is 4.13. The van der Waals surface area contributed by atoms with Crippen LogP contribution in [-0.4, -0.2) is 17.8 Å². The maximum Gasteiger partial charge on any atom is 0.139 e. The van der Waals surface area contributed by atoms with Crippen molar-refractivity contribution in [2.45, 2.75) is 0 Å². The molecule has 0 fully saturated rings. The van der Waals surface area contributed by atoms with Gasteiger partial charge < -0.3 is 0 Å². The van der Waals surface area contributed by atoms with Crippen LogP contribution in [0.1, 0.15) is 0 Å². The smallest absolute Gasteiger partial charge is 0.139 e. The summed E-state index contributed by atoms with van der Waals surface area (Å²) in [6.07, 6.45) is 3.39. The molecule has 2 nitrogen and oxygen atoms in total. The lowest BCUT2D eigenvalue weighted by molar-refractivity contribution is 1.22. The van der Waals surface area contributed by atoms with E-state index in [9.17, 15) is 0 Å². The lowest BCUT2D eigenvalue weighted by Crippen LogP contribution is -2.00. The Balaban J connectivity index is 2.83. The third-order valence-electron chi connectivity index (χ3n) is 1.66. The van der Waals surface area contributed by atoms with Gasteiger partial charge in [-0.1, -0.05) is 17.6 Å². The molecule has 0 atom stereocenters. The number of aromatic nitrogens is 2. The van der Waals surface area contributed by atoms with E-state index in [-0.39, 0.29) is 0 Å². The van der Waals surface area contributed by atoms with E-state index < -0.39 is 0 Å². The van der Waals surface area contributed by atoms with E-state index in [0.29, 0.717) is 0 Å². The van der Waals surface area contributed by atoms with Crippen molar-refractivity contribution >= 4 is 24.2 Å². The number of hydrogen-bond donors (Lipinski definition) is 0. The molecular weight excluding hydrogens is 135 g/mol. The number of rotatable bonds is 0. The summed E-state index contributed by atoms with van der Waals surface area (Å²) in [7, 11) is 2.06. The van der Waals surface area contributed by atoms with E-state index >= 15 is 0 Å². The molecule has 11 heavy (non-hydrogen) atoms. The lowest BCUT2D eigenvalue weighted by Gasteiger charge is -1.95. The van der Waals surface area contributed by atoms with Gasteiger partial charge in [0.15, 0.2) is 0 Å². The predicted molar refractivity (Wildman–Crippen MR) is 47.7 cm³/mol. The highest BCUT2D eigenvalue weighted by Crippen LogP contribution is 2.04. The summed E-state index contributed by atoms with van der Waals surface area (Å²) in [6.45, 7) is 0. The van der Waals surface area contributed by atoms with Crippen LogP contribution in [0, 0.1) is 0 Å². The summed E-state index contributed by atoms with van der Waals surface area (Å²) in [5.41, 5.74) is 2.25. The van der Waals surface area contributed by atoms with Crippen LogP contribution in [0.2, 0.25) is 0 Å². The summed E-state index contributed by atoms with van der Waals surface area (Å²) in [5, 5.41) is 1.10. The first-order valence-corrected chi connectivity index (χ1v) is 3.52. The van der Waals surface area contributed by atoms with Crippen molar-refractivity contribution in [3.8, 4) is 0 Å². The summed E-state index contributed by atoms with van der Waals surface area (Å²) in [6, 6.07) is 6.15. The largest absolute Gasteiger partial charge is 0.244 e. The Morgan fingerprint density at radius 2 is 2.18 bits per heavy atom. The molecule has 3 heteroatoms. The summed E-state index contributed by atoms with van der Waals surface area (Å²) >= 11 is 0. The van der Waals surface area contributed by atoms with Gasteiger partial charge in [-0.2, -0.15) is 0 Å². The molecule has 1 heterocycles. The van der Waals surface area contributed by atoms with E-state index in [4.69, 9.17) is 0 Å². The van der Waals surface area contributed by atoms with E-state index in [1.54, 1.807) is 6.33 Å². The minimum Gasteiger partial charge on any atom is -0.244 e. The number of nitrogens with zero attached hydrogens (tertiary/aromatic N) is 2. The zero-order valence-electron chi connectivity index (χ0n) is 6.28. The molecule has 0 unspecified atom stereocenters. The molecule has 2 rings (SSSR count). The lowest BCUT2D eigenvalue weighted by atomic mass is 9.95. The molecule has 2 aromatic rings. The van der Waals surface area contributed by atoms with Crippen LogP contribution in [0.5, 0.6) is 0 Å². The first kappa shape index (κ1) is 6.34. The highest BCUT2D eigenvalue weighted by atomic mass is 14.8. The Hall–Kier alpha value is -1.38. The van der Waals surface area contributed by atoms with Crippen LogP contribution in [-0.2, 0) is 0 Å². The van der Waals surface area contributed by atoms with Crippen molar-refractivity contribution in [2.75, 3.05) is 0 Å². The number of fused-ring (bicyclic) bond motifs is 1. The van der Waals surface area contributed by atoms with Crippen molar-refractivity contribution in [1.29, 1.82) is 0 Å². The van der Waals surface area contributed by atoms with E-state index in [1.165, 1.54) is 5.46 Å². The van der Waals surface area contributed by atoms with Crippen molar-refractivity contribution in [1.82, 2.24) is 9.97 Å². The van der Waals surface area contributed by atoms with Crippen molar-refractivity contribution < 1.29 is 0 Å². The van der Waals surface area contributed by atoms with Gasteiger partial charge in [-0.3, -0.25) is 0 Å². The fraction of sp³-hybridized carbons (Fsp3) is 0. The maximum absolute atomic E-state index is 4.13. The average Bonchev–Trinajstić information content (AvgIpc) is 2.04. The van der Waals surface area contributed by atoms with Gasteiger partial charge in [-0.25, -0.2) is 9.97 Å². The normalized spacial score (nSPS) is 10.2. The van der Waals surface area contributed by atoms with Crippen molar-refractivity contribution in [3.63, 3.8) is 0 Å². The highest BCUT2D eigenvalue weighted by Gasteiger charge is 1.91. The van der Waals surface area contributed by atoms with Crippen LogP contribution < -0.4 is 5.46 Å². The number of hydrogen-bond acceptors (Lipinski definition) is 2. The molecule has 0 bridgehead atoms. The number of benzene rings is 1. The predicted octanol–water partition coefficient (Wildman–Crippen LogP) is -0.112. The Morgan fingerprint density at radius 1 is 1.27 bits per heavy atom. The van der Waals surface area contributed by atoms with E-state index in [1.807, 2.05) is 12.3 Å². The fourth-order valence-electron chi connectivity index (χ4n) is 1.08. The van der Waals surface area contributed by atoms with Crippen molar-refractivity contribution in [2.24, 2.45) is 0 Å². The van der Waals surface area contributed by atoms with Gasteiger partial charge in [0.05, 0.1) is 5.52 Å². The van der Waals surface area contributed by atoms with Gasteiger partial charge >= 0.3 is 0 Å². The van der Waals surface area contributed by atoms with Crippen LogP contribution >= 0.6 is 0 Å². The highest BCUT2D eigenvalue weighted by molar-refractivity contribution is 6.33. The molecule has 1 aromatic carbocycles. The monoisotopic (exact) mass is 142 g/mol. The van der Waals surface area contributed by atoms with E-state index in [2.05, 4.69) is 29.9 Å². The Bertz CT molecular complexity index is 387. The average molecular weight is 142 g/mol. The standard InChI is InChI=1S/C8H7BN2/c9-7-2-1-6-4-10-5-11-8(6)3-7/h1-5H,9H2. The first-order valence-electron chi connectivity index (χ1n) is 3.52. The van der Waals surface area contributed by atoms with E-state index in [0.717, 1.165) is 10.9 Å². The minimum absolute atomic E-state index is 1.01. The SMILES string of the molecule is Bc1ccc2cncnc2c1. The molecule has 0 radical (unpaired) electrons. The Kier molecular flexibility index (Phi) is 1.35. The fourth-order valence-corrected chi connectivity index (χ4v) is 1.08. The molecule has 1 aromatic heterocycles. The first-order chi connectivity index (χ1) is 5.36. The van der Waals surface area contributed by atoms with Gasteiger partial charge in [0.1, 0.15) is 14.2 Å². The molecule has 0 aliphatic carbocycles. The van der Waals surface area contributed by atoms with Gasteiger partial charge in [-0.15, -0.1) is 0 Å². The van der Waals surface area contributed by atoms with Gasteiger partial charge in [-0.05, 0) is 6.07 Å². The quantitative estimate of drug-likeness (QED) is 0.479. The molecule has 0 N–H and O–H groups in total. The molecule has 0 aliphatic heterocycles. The zero-order valence-corrected chi connectivity index (χ0v) is 6.28. The second-order valence-electron chi connectivity index (χ2n) is 2.59. The van der Waals surface area contributed by atoms with Crippen LogP contribution in [0.4, 0.5) is 0 Å². The zero-order chi connectivity index (χ0) is 7.68. The molecule has 0 amide bonds. The third-order valence-corrected chi connectivity index (χ3v) is 1.66. The second-order valence-corrected chi connectivity index (χ2v) is 2.59. The van der Waals surface area contributed by atoms with Crippen LogP contribution in [0.15, 0.2) is 30.7 Å². The van der Waals surface area contributed by atoms with Gasteiger partial charge in [0, 0.05) is 11.6 Å².